The molecule has 1 aliphatic heterocycles. The van der Waals surface area contributed by atoms with Gasteiger partial charge in [-0.15, -0.1) is 0 Å². The lowest BCUT2D eigenvalue weighted by atomic mass is 10.1. The first kappa shape index (κ1) is 21.2. The SMILES string of the molecule is Cc1noc(-c2ccc(C(=O)Nc3cccc(S(=O)(=O)N4CCCCCC4)c3)cc2)n1. The zero-order valence-electron chi connectivity index (χ0n) is 17.2. The highest BCUT2D eigenvalue weighted by atomic mass is 32.2. The molecule has 0 aliphatic carbocycles. The maximum atomic E-state index is 13.0. The van der Waals surface area contributed by atoms with Gasteiger partial charge in [-0.2, -0.15) is 9.29 Å². The van der Waals surface area contributed by atoms with Crippen molar-refractivity contribution < 1.29 is 17.7 Å². The number of carbonyl (C=O) groups excluding carboxylic acids is 1. The first-order chi connectivity index (χ1) is 14.9. The molecule has 0 unspecified atom stereocenters. The third kappa shape index (κ3) is 4.83. The number of nitrogens with one attached hydrogen (secondary N) is 1. The van der Waals surface area contributed by atoms with Crippen molar-refractivity contribution >= 4 is 21.6 Å². The molecule has 1 amide bonds. The molecule has 9 heteroatoms. The van der Waals surface area contributed by atoms with E-state index in [0.717, 1.165) is 25.7 Å². The van der Waals surface area contributed by atoms with Gasteiger partial charge < -0.3 is 9.84 Å². The lowest BCUT2D eigenvalue weighted by Gasteiger charge is -2.20. The lowest BCUT2D eigenvalue weighted by molar-refractivity contribution is 0.102. The summed E-state index contributed by atoms with van der Waals surface area (Å²) in [4.78, 5) is 17.0. The average molecular weight is 441 g/mol. The predicted octanol–water partition coefficient (Wildman–Crippen LogP) is 3.86. The minimum absolute atomic E-state index is 0.189. The second kappa shape index (κ2) is 8.99. The van der Waals surface area contributed by atoms with Gasteiger partial charge in [-0.3, -0.25) is 4.79 Å². The average Bonchev–Trinajstić information content (AvgIpc) is 3.02. The van der Waals surface area contributed by atoms with E-state index in [-0.39, 0.29) is 10.8 Å². The number of sulfonamides is 1. The van der Waals surface area contributed by atoms with Crippen LogP contribution in [0.3, 0.4) is 0 Å². The molecule has 31 heavy (non-hydrogen) atoms. The molecule has 1 fully saturated rings. The molecule has 162 valence electrons. The van der Waals surface area contributed by atoms with Crippen molar-refractivity contribution in [2.24, 2.45) is 0 Å². The van der Waals surface area contributed by atoms with E-state index in [4.69, 9.17) is 4.52 Å². The Hall–Kier alpha value is -3.04. The molecule has 2 aromatic carbocycles. The van der Waals surface area contributed by atoms with Crippen LogP contribution in [-0.2, 0) is 10.0 Å². The third-order valence-corrected chi connectivity index (χ3v) is 7.11. The van der Waals surface area contributed by atoms with Gasteiger partial charge in [0.25, 0.3) is 11.8 Å². The maximum Gasteiger partial charge on any atom is 0.257 e. The normalized spacial score (nSPS) is 15.4. The molecule has 1 aromatic heterocycles. The smallest absolute Gasteiger partial charge is 0.257 e. The first-order valence-electron chi connectivity index (χ1n) is 10.3. The van der Waals surface area contributed by atoms with Crippen molar-refractivity contribution in [1.29, 1.82) is 0 Å². The highest BCUT2D eigenvalue weighted by molar-refractivity contribution is 7.89. The van der Waals surface area contributed by atoms with Gasteiger partial charge in [0.05, 0.1) is 4.90 Å². The van der Waals surface area contributed by atoms with Crippen molar-refractivity contribution in [2.45, 2.75) is 37.5 Å². The zero-order chi connectivity index (χ0) is 21.8. The molecule has 1 saturated heterocycles. The molecule has 1 N–H and O–H groups in total. The van der Waals surface area contributed by atoms with Crippen LogP contribution in [0.2, 0.25) is 0 Å². The number of aryl methyl sites for hydroxylation is 1. The number of nitrogens with zero attached hydrogens (tertiary/aromatic N) is 3. The molecule has 0 spiro atoms. The number of aromatic nitrogens is 2. The van der Waals surface area contributed by atoms with E-state index in [0.29, 0.717) is 41.6 Å². The molecule has 3 aromatic rings. The Balaban J connectivity index is 1.49. The van der Waals surface area contributed by atoms with Crippen LogP contribution in [0.1, 0.15) is 41.9 Å². The second-order valence-corrected chi connectivity index (χ2v) is 9.46. The summed E-state index contributed by atoms with van der Waals surface area (Å²) in [5.41, 5.74) is 1.57. The van der Waals surface area contributed by atoms with Crippen LogP contribution in [0.15, 0.2) is 57.9 Å². The van der Waals surface area contributed by atoms with E-state index in [2.05, 4.69) is 15.5 Å². The Labute approximate surface area is 181 Å². The highest BCUT2D eigenvalue weighted by Gasteiger charge is 2.25. The van der Waals surface area contributed by atoms with Crippen molar-refractivity contribution in [1.82, 2.24) is 14.4 Å². The predicted molar refractivity (Wildman–Crippen MR) is 116 cm³/mol. The number of carbonyl (C=O) groups is 1. The Morgan fingerprint density at radius 3 is 2.39 bits per heavy atom. The van der Waals surface area contributed by atoms with E-state index in [1.807, 2.05) is 0 Å². The Morgan fingerprint density at radius 1 is 1.03 bits per heavy atom. The molecule has 0 radical (unpaired) electrons. The van der Waals surface area contributed by atoms with Crippen LogP contribution in [0, 0.1) is 6.92 Å². The molecule has 0 saturated carbocycles. The number of hydrogen-bond donors (Lipinski definition) is 1. The zero-order valence-corrected chi connectivity index (χ0v) is 18.1. The number of amides is 1. The standard InChI is InChI=1S/C22H24N4O4S/c1-16-23-22(30-25-16)18-11-9-17(10-12-18)21(27)24-19-7-6-8-20(15-19)31(28,29)26-13-4-2-3-5-14-26/h6-12,15H,2-5,13-14H2,1H3,(H,24,27). The molecule has 1 aliphatic rings. The minimum atomic E-state index is -3.58. The Kier molecular flexibility index (Phi) is 6.15. The molecule has 8 nitrogen and oxygen atoms in total. The summed E-state index contributed by atoms with van der Waals surface area (Å²) in [5, 5.41) is 6.53. The van der Waals surface area contributed by atoms with Gasteiger partial charge in [-0.1, -0.05) is 24.1 Å². The van der Waals surface area contributed by atoms with Crippen molar-refractivity contribution in [3.63, 3.8) is 0 Å². The van der Waals surface area contributed by atoms with Gasteiger partial charge in [-0.25, -0.2) is 8.42 Å². The maximum absolute atomic E-state index is 13.0. The van der Waals surface area contributed by atoms with Gasteiger partial charge in [0.1, 0.15) is 0 Å². The van der Waals surface area contributed by atoms with Gasteiger partial charge in [0, 0.05) is 29.9 Å². The monoisotopic (exact) mass is 440 g/mol. The van der Waals surface area contributed by atoms with Crippen LogP contribution in [0.4, 0.5) is 5.69 Å². The summed E-state index contributed by atoms with van der Waals surface area (Å²) in [6.45, 7) is 2.80. The van der Waals surface area contributed by atoms with Crippen LogP contribution in [0.25, 0.3) is 11.5 Å². The molecule has 0 atom stereocenters. The van der Waals surface area contributed by atoms with Crippen LogP contribution < -0.4 is 5.32 Å². The summed E-state index contributed by atoms with van der Waals surface area (Å²) in [5.74, 6) is 0.584. The third-order valence-electron chi connectivity index (χ3n) is 5.22. The Bertz CT molecular complexity index is 1160. The fourth-order valence-corrected chi connectivity index (χ4v) is 5.11. The summed E-state index contributed by atoms with van der Waals surface area (Å²) >= 11 is 0. The quantitative estimate of drug-likeness (QED) is 0.646. The number of rotatable bonds is 5. The van der Waals surface area contributed by atoms with Gasteiger partial charge >= 0.3 is 0 Å². The van der Waals surface area contributed by atoms with Crippen molar-refractivity contribution in [3.8, 4) is 11.5 Å². The number of benzene rings is 2. The first-order valence-corrected chi connectivity index (χ1v) is 11.7. The summed E-state index contributed by atoms with van der Waals surface area (Å²) in [6, 6.07) is 13.1. The van der Waals surface area contributed by atoms with Gasteiger partial charge in [-0.05, 0) is 62.2 Å². The summed E-state index contributed by atoms with van der Waals surface area (Å²) < 4.78 is 32.7. The fraction of sp³-hybridized carbons (Fsp3) is 0.318. The van der Waals surface area contributed by atoms with Crippen molar-refractivity contribution in [3.05, 3.63) is 59.9 Å². The van der Waals surface area contributed by atoms with E-state index in [9.17, 15) is 13.2 Å². The Morgan fingerprint density at radius 2 is 1.74 bits per heavy atom. The van der Waals surface area contributed by atoms with E-state index in [1.165, 1.54) is 6.07 Å². The van der Waals surface area contributed by atoms with Crippen LogP contribution in [0.5, 0.6) is 0 Å². The molecular formula is C22H24N4O4S. The van der Waals surface area contributed by atoms with Crippen molar-refractivity contribution in [2.75, 3.05) is 18.4 Å². The summed E-state index contributed by atoms with van der Waals surface area (Å²) in [7, 11) is -3.58. The lowest BCUT2D eigenvalue weighted by Crippen LogP contribution is -2.32. The van der Waals surface area contributed by atoms with Crippen LogP contribution >= 0.6 is 0 Å². The topological polar surface area (TPSA) is 105 Å². The molecule has 2 heterocycles. The number of anilines is 1. The molecule has 4 rings (SSSR count). The van der Waals surface area contributed by atoms with Gasteiger partial charge in [0.2, 0.25) is 10.0 Å². The van der Waals surface area contributed by atoms with Crippen LogP contribution in [-0.4, -0.2) is 41.9 Å². The van der Waals surface area contributed by atoms with E-state index in [1.54, 1.807) is 53.7 Å². The minimum Gasteiger partial charge on any atom is -0.334 e. The van der Waals surface area contributed by atoms with E-state index >= 15 is 0 Å². The number of hydrogen-bond acceptors (Lipinski definition) is 6. The van der Waals surface area contributed by atoms with E-state index < -0.39 is 10.0 Å². The molecular weight excluding hydrogens is 416 g/mol. The molecule has 0 bridgehead atoms. The fourth-order valence-electron chi connectivity index (χ4n) is 3.55. The largest absolute Gasteiger partial charge is 0.334 e. The summed E-state index contributed by atoms with van der Waals surface area (Å²) in [6.07, 6.45) is 3.84. The van der Waals surface area contributed by atoms with Gasteiger partial charge in [0.15, 0.2) is 5.82 Å². The highest BCUT2D eigenvalue weighted by Crippen LogP contribution is 2.23. The second-order valence-electron chi connectivity index (χ2n) is 7.52.